The van der Waals surface area contributed by atoms with Crippen molar-refractivity contribution >= 4 is 0 Å². The second kappa shape index (κ2) is 7.77. The highest BCUT2D eigenvalue weighted by atomic mass is 19.3. The molecule has 1 saturated heterocycles. The Kier molecular flexibility index (Phi) is 6.02. The van der Waals surface area contributed by atoms with Crippen LogP contribution in [-0.2, 0) is 0 Å². The van der Waals surface area contributed by atoms with Gasteiger partial charge in [0, 0.05) is 25.2 Å². The zero-order chi connectivity index (χ0) is 15.2. The van der Waals surface area contributed by atoms with Crippen LogP contribution in [0.4, 0.5) is 13.2 Å². The molecule has 1 aromatic carbocycles. The Morgan fingerprint density at radius 1 is 1.00 bits per heavy atom. The van der Waals surface area contributed by atoms with Gasteiger partial charge in [0.2, 0.25) is 0 Å². The van der Waals surface area contributed by atoms with E-state index in [4.69, 9.17) is 0 Å². The molecule has 1 aliphatic heterocycles. The molecule has 0 bridgehead atoms. The number of benzene rings is 1. The van der Waals surface area contributed by atoms with Crippen LogP contribution < -0.4 is 0 Å². The molecule has 0 amide bonds. The molecule has 1 unspecified atom stereocenters. The Balaban J connectivity index is 1.87. The number of β-amino-alcohol motifs (C(OH)–C–C–N with tert-alkyl or cyclic N) is 1. The Labute approximate surface area is 123 Å². The fourth-order valence-corrected chi connectivity index (χ4v) is 2.67. The minimum absolute atomic E-state index is 0.205. The van der Waals surface area contributed by atoms with Crippen molar-refractivity contribution in [2.75, 3.05) is 39.3 Å². The molecule has 118 valence electrons. The van der Waals surface area contributed by atoms with Gasteiger partial charge in [0.15, 0.2) is 0 Å². The minimum atomic E-state index is -2.32. The zero-order valence-electron chi connectivity index (χ0n) is 11.9. The van der Waals surface area contributed by atoms with E-state index in [2.05, 4.69) is 0 Å². The Morgan fingerprint density at radius 3 is 2.24 bits per heavy atom. The van der Waals surface area contributed by atoms with Crippen LogP contribution in [0.1, 0.15) is 18.1 Å². The zero-order valence-corrected chi connectivity index (χ0v) is 11.9. The van der Waals surface area contributed by atoms with Crippen molar-refractivity contribution < 1.29 is 18.3 Å². The number of halogens is 3. The molecule has 0 aromatic heterocycles. The third-order valence-electron chi connectivity index (χ3n) is 3.77. The molecule has 1 aromatic rings. The van der Waals surface area contributed by atoms with Gasteiger partial charge in [0.05, 0.1) is 12.6 Å². The normalized spacial score (nSPS) is 19.7. The van der Waals surface area contributed by atoms with E-state index in [-0.39, 0.29) is 12.1 Å². The van der Waals surface area contributed by atoms with Crippen molar-refractivity contribution in [3.8, 4) is 0 Å². The third-order valence-corrected chi connectivity index (χ3v) is 3.77. The average Bonchev–Trinajstić information content (AvgIpc) is 2.64. The van der Waals surface area contributed by atoms with Crippen molar-refractivity contribution in [2.45, 2.75) is 19.0 Å². The summed E-state index contributed by atoms with van der Waals surface area (Å²) in [7, 11) is 0. The Bertz CT molecular complexity index is 445. The maximum atomic E-state index is 13.6. The predicted octanol–water partition coefficient (Wildman–Crippen LogP) is 2.13. The summed E-state index contributed by atoms with van der Waals surface area (Å²) in [5.74, 6) is -0.417. The van der Waals surface area contributed by atoms with Crippen molar-refractivity contribution in [2.24, 2.45) is 0 Å². The minimum Gasteiger partial charge on any atom is -0.387 e. The summed E-state index contributed by atoms with van der Waals surface area (Å²) in [5.41, 5.74) is 0.284. The molecule has 0 saturated carbocycles. The number of nitrogens with zero attached hydrogens (tertiary/aromatic N) is 2. The van der Waals surface area contributed by atoms with Crippen molar-refractivity contribution in [1.82, 2.24) is 9.80 Å². The van der Waals surface area contributed by atoms with Crippen LogP contribution in [0.25, 0.3) is 0 Å². The van der Waals surface area contributed by atoms with E-state index in [9.17, 15) is 18.3 Å². The van der Waals surface area contributed by atoms with Crippen LogP contribution in [0.15, 0.2) is 24.3 Å². The lowest BCUT2D eigenvalue weighted by molar-refractivity contribution is 0.0856. The summed E-state index contributed by atoms with van der Waals surface area (Å²) in [6, 6.07) is 6.17. The average molecular weight is 302 g/mol. The van der Waals surface area contributed by atoms with Gasteiger partial charge >= 0.3 is 0 Å². The number of aliphatic hydroxyl groups is 1. The molecule has 2 rings (SSSR count). The molecular weight excluding hydrogens is 281 g/mol. The highest BCUT2D eigenvalue weighted by molar-refractivity contribution is 5.20. The fourth-order valence-electron chi connectivity index (χ4n) is 2.67. The predicted molar refractivity (Wildman–Crippen MR) is 74.9 cm³/mol. The Morgan fingerprint density at radius 2 is 1.62 bits per heavy atom. The van der Waals surface area contributed by atoms with E-state index in [0.29, 0.717) is 26.2 Å². The highest BCUT2D eigenvalue weighted by Gasteiger charge is 2.21. The topological polar surface area (TPSA) is 26.7 Å². The summed E-state index contributed by atoms with van der Waals surface area (Å²) in [6.45, 7) is 2.64. The van der Waals surface area contributed by atoms with Gasteiger partial charge in [-0.15, -0.1) is 0 Å². The van der Waals surface area contributed by atoms with Crippen molar-refractivity contribution in [3.63, 3.8) is 0 Å². The van der Waals surface area contributed by atoms with Crippen LogP contribution in [0.2, 0.25) is 0 Å². The SMILES string of the molecule is OC(CN1CCCN(CC(F)F)CC1)c1ccccc1F. The van der Waals surface area contributed by atoms with Crippen molar-refractivity contribution in [1.29, 1.82) is 0 Å². The van der Waals surface area contributed by atoms with E-state index in [1.807, 2.05) is 4.90 Å². The van der Waals surface area contributed by atoms with E-state index in [0.717, 1.165) is 13.0 Å². The second-order valence-corrected chi connectivity index (χ2v) is 5.38. The molecule has 1 fully saturated rings. The number of aliphatic hydroxyl groups excluding tert-OH is 1. The molecule has 1 N–H and O–H groups in total. The van der Waals surface area contributed by atoms with Gasteiger partial charge in [-0.2, -0.15) is 0 Å². The molecule has 6 heteroatoms. The highest BCUT2D eigenvalue weighted by Crippen LogP contribution is 2.18. The van der Waals surface area contributed by atoms with Gasteiger partial charge < -0.3 is 5.11 Å². The number of rotatable bonds is 5. The van der Waals surface area contributed by atoms with Crippen molar-refractivity contribution in [3.05, 3.63) is 35.6 Å². The second-order valence-electron chi connectivity index (χ2n) is 5.38. The van der Waals surface area contributed by atoms with Crippen LogP contribution in [0, 0.1) is 5.82 Å². The molecule has 0 aliphatic carbocycles. The van der Waals surface area contributed by atoms with E-state index in [1.165, 1.54) is 6.07 Å². The molecular formula is C15H21F3N2O. The van der Waals surface area contributed by atoms with Gasteiger partial charge in [0.1, 0.15) is 5.82 Å². The van der Waals surface area contributed by atoms with Gasteiger partial charge in [-0.25, -0.2) is 13.2 Å². The first kappa shape index (κ1) is 16.3. The first-order valence-electron chi connectivity index (χ1n) is 7.21. The molecule has 0 spiro atoms. The van der Waals surface area contributed by atoms with Crippen LogP contribution >= 0.6 is 0 Å². The molecule has 1 heterocycles. The van der Waals surface area contributed by atoms with Crippen LogP contribution in [-0.4, -0.2) is 60.6 Å². The molecule has 1 aliphatic rings. The van der Waals surface area contributed by atoms with Gasteiger partial charge in [-0.3, -0.25) is 9.80 Å². The molecule has 3 nitrogen and oxygen atoms in total. The van der Waals surface area contributed by atoms with E-state index in [1.54, 1.807) is 23.1 Å². The maximum Gasteiger partial charge on any atom is 0.251 e. The first-order chi connectivity index (χ1) is 10.1. The van der Waals surface area contributed by atoms with Crippen LogP contribution in [0.3, 0.4) is 0 Å². The fraction of sp³-hybridized carbons (Fsp3) is 0.600. The monoisotopic (exact) mass is 302 g/mol. The van der Waals surface area contributed by atoms with Gasteiger partial charge in [-0.05, 0) is 25.6 Å². The number of hydrogen-bond donors (Lipinski definition) is 1. The largest absolute Gasteiger partial charge is 0.387 e. The summed E-state index contributed by atoms with van der Waals surface area (Å²) in [4.78, 5) is 3.74. The first-order valence-corrected chi connectivity index (χ1v) is 7.21. The number of alkyl halides is 2. The van der Waals surface area contributed by atoms with Gasteiger partial charge in [-0.1, -0.05) is 18.2 Å². The number of hydrogen-bond acceptors (Lipinski definition) is 3. The maximum absolute atomic E-state index is 13.6. The van der Waals surface area contributed by atoms with E-state index >= 15 is 0 Å². The summed E-state index contributed by atoms with van der Waals surface area (Å²) in [5, 5.41) is 10.1. The lowest BCUT2D eigenvalue weighted by Gasteiger charge is -2.24. The molecule has 21 heavy (non-hydrogen) atoms. The lowest BCUT2D eigenvalue weighted by Crippen LogP contribution is -2.35. The summed E-state index contributed by atoms with van der Waals surface area (Å²) < 4.78 is 38.4. The molecule has 0 radical (unpaired) electrons. The summed E-state index contributed by atoms with van der Waals surface area (Å²) >= 11 is 0. The van der Waals surface area contributed by atoms with E-state index < -0.39 is 18.3 Å². The Hall–Kier alpha value is -1.11. The summed E-state index contributed by atoms with van der Waals surface area (Å²) in [6.07, 6.45) is -2.44. The quantitative estimate of drug-likeness (QED) is 0.903. The standard InChI is InChI=1S/C15H21F3N2O/c16-13-5-2-1-4-12(13)14(21)10-19-6-3-7-20(9-8-19)11-15(17)18/h1-2,4-5,14-15,21H,3,6-11H2. The van der Waals surface area contributed by atoms with Gasteiger partial charge in [0.25, 0.3) is 6.43 Å². The smallest absolute Gasteiger partial charge is 0.251 e. The van der Waals surface area contributed by atoms with Crippen LogP contribution in [0.5, 0.6) is 0 Å². The molecule has 1 atom stereocenters. The third kappa shape index (κ3) is 4.98. The lowest BCUT2D eigenvalue weighted by atomic mass is 10.1.